The Morgan fingerprint density at radius 2 is 1.69 bits per heavy atom. The number of hydrogen-bond donors (Lipinski definition) is 0. The summed E-state index contributed by atoms with van der Waals surface area (Å²) in [5.74, 6) is 0.0173. The maximum absolute atomic E-state index is 11.2. The molecule has 1 rings (SSSR count). The Labute approximate surface area is 97.4 Å². The predicted octanol–water partition coefficient (Wildman–Crippen LogP) is 3.67. The Bertz CT molecular complexity index is 425. The first-order chi connectivity index (χ1) is 7.32. The third-order valence-corrected chi connectivity index (χ3v) is 2.51. The zero-order valence-electron chi connectivity index (χ0n) is 10.7. The lowest BCUT2D eigenvalue weighted by Crippen LogP contribution is -2.12. The lowest BCUT2D eigenvalue weighted by Gasteiger charge is -2.21. The van der Waals surface area contributed by atoms with Gasteiger partial charge in [0.1, 0.15) is 0 Å². The highest BCUT2D eigenvalue weighted by Gasteiger charge is 2.17. The lowest BCUT2D eigenvalue weighted by molar-refractivity contribution is -0.111. The van der Waals surface area contributed by atoms with Crippen molar-refractivity contribution in [1.29, 1.82) is 0 Å². The van der Waals surface area contributed by atoms with E-state index in [1.54, 1.807) is 13.8 Å². The summed E-state index contributed by atoms with van der Waals surface area (Å²) in [6.07, 6.45) is 0. The van der Waals surface area contributed by atoms with E-state index in [0.29, 0.717) is 5.71 Å². The second-order valence-electron chi connectivity index (χ2n) is 5.02. The molecule has 0 saturated heterocycles. The Kier molecular flexibility index (Phi) is 3.63. The molecular weight excluding hydrogens is 198 g/mol. The molecule has 86 valence electrons. The van der Waals surface area contributed by atoms with E-state index in [0.717, 1.165) is 11.3 Å². The zero-order chi connectivity index (χ0) is 12.3. The molecule has 0 fully saturated rings. The third kappa shape index (κ3) is 3.02. The third-order valence-electron chi connectivity index (χ3n) is 2.51. The van der Waals surface area contributed by atoms with Crippen molar-refractivity contribution in [1.82, 2.24) is 0 Å². The number of benzene rings is 1. The molecule has 0 unspecified atom stereocenters. The highest BCUT2D eigenvalue weighted by molar-refractivity contribution is 6.38. The van der Waals surface area contributed by atoms with Gasteiger partial charge in [-0.05, 0) is 24.0 Å². The Morgan fingerprint density at radius 1 is 1.12 bits per heavy atom. The first-order valence-electron chi connectivity index (χ1n) is 5.48. The molecule has 0 bridgehead atoms. The standard InChI is InChI=1S/C14H19NO/c1-10(11(2)16)15-13-9-7-6-8-12(13)14(3,4)5/h6-9H,1-5H3. The lowest BCUT2D eigenvalue weighted by atomic mass is 9.86. The number of para-hydroxylation sites is 1. The van der Waals surface area contributed by atoms with Crippen molar-refractivity contribution < 1.29 is 4.79 Å². The monoisotopic (exact) mass is 217 g/mol. The van der Waals surface area contributed by atoms with Gasteiger partial charge in [-0.1, -0.05) is 39.0 Å². The second-order valence-corrected chi connectivity index (χ2v) is 5.02. The van der Waals surface area contributed by atoms with Crippen molar-refractivity contribution in [2.24, 2.45) is 4.99 Å². The van der Waals surface area contributed by atoms with Crippen LogP contribution < -0.4 is 0 Å². The molecule has 0 aliphatic rings. The second kappa shape index (κ2) is 4.60. The van der Waals surface area contributed by atoms with Gasteiger partial charge in [-0.3, -0.25) is 4.79 Å². The highest BCUT2D eigenvalue weighted by atomic mass is 16.1. The number of hydrogen-bond acceptors (Lipinski definition) is 2. The van der Waals surface area contributed by atoms with E-state index in [4.69, 9.17) is 0 Å². The van der Waals surface area contributed by atoms with E-state index in [9.17, 15) is 4.79 Å². The summed E-state index contributed by atoms with van der Waals surface area (Å²) in [6.45, 7) is 9.72. The van der Waals surface area contributed by atoms with Gasteiger partial charge in [0.05, 0.1) is 11.4 Å². The van der Waals surface area contributed by atoms with Crippen molar-refractivity contribution in [2.45, 2.75) is 40.0 Å². The molecule has 0 aromatic heterocycles. The topological polar surface area (TPSA) is 29.4 Å². The van der Waals surface area contributed by atoms with Crippen LogP contribution in [0, 0.1) is 0 Å². The average Bonchev–Trinajstić information content (AvgIpc) is 2.16. The molecule has 2 heteroatoms. The van der Waals surface area contributed by atoms with Crippen LogP contribution in [0.3, 0.4) is 0 Å². The van der Waals surface area contributed by atoms with Crippen molar-refractivity contribution >= 4 is 17.2 Å². The molecule has 0 N–H and O–H groups in total. The SMILES string of the molecule is CC(=O)C(C)=Nc1ccccc1C(C)(C)C. The summed E-state index contributed by atoms with van der Waals surface area (Å²) in [5.41, 5.74) is 2.65. The molecular formula is C14H19NO. The van der Waals surface area contributed by atoms with Crippen LogP contribution in [0.1, 0.15) is 40.2 Å². The fourth-order valence-electron chi connectivity index (χ4n) is 1.46. The van der Waals surface area contributed by atoms with E-state index in [1.165, 1.54) is 0 Å². The first kappa shape index (κ1) is 12.6. The van der Waals surface area contributed by atoms with Gasteiger partial charge in [0.25, 0.3) is 0 Å². The molecule has 0 radical (unpaired) electrons. The summed E-state index contributed by atoms with van der Waals surface area (Å²) in [6, 6.07) is 7.96. The smallest absolute Gasteiger partial charge is 0.173 e. The molecule has 1 aromatic rings. The van der Waals surface area contributed by atoms with Crippen LogP contribution in [0.15, 0.2) is 29.3 Å². The largest absolute Gasteiger partial charge is 0.293 e. The van der Waals surface area contributed by atoms with E-state index in [-0.39, 0.29) is 11.2 Å². The molecule has 0 amide bonds. The minimum Gasteiger partial charge on any atom is -0.293 e. The molecule has 0 aliphatic carbocycles. The first-order valence-corrected chi connectivity index (χ1v) is 5.48. The summed E-state index contributed by atoms with van der Waals surface area (Å²) in [7, 11) is 0. The fraction of sp³-hybridized carbons (Fsp3) is 0.429. The van der Waals surface area contributed by atoms with Crippen LogP contribution in [0.5, 0.6) is 0 Å². The van der Waals surface area contributed by atoms with Gasteiger partial charge in [-0.15, -0.1) is 0 Å². The Morgan fingerprint density at radius 3 is 2.19 bits per heavy atom. The quantitative estimate of drug-likeness (QED) is 0.695. The number of Topliss-reactive ketones (excluding diaryl/α,β-unsaturated/α-hetero) is 1. The minimum atomic E-state index is 0.0173. The highest BCUT2D eigenvalue weighted by Crippen LogP contribution is 2.31. The van der Waals surface area contributed by atoms with E-state index in [1.807, 2.05) is 18.2 Å². The van der Waals surface area contributed by atoms with Crippen LogP contribution in [-0.4, -0.2) is 11.5 Å². The molecule has 0 saturated carbocycles. The van der Waals surface area contributed by atoms with Crippen LogP contribution in [0.4, 0.5) is 5.69 Å². The van der Waals surface area contributed by atoms with Gasteiger partial charge in [-0.25, -0.2) is 4.99 Å². The molecule has 0 spiro atoms. The number of nitrogens with zero attached hydrogens (tertiary/aromatic N) is 1. The van der Waals surface area contributed by atoms with Gasteiger partial charge in [0.2, 0.25) is 0 Å². The Hall–Kier alpha value is -1.44. The van der Waals surface area contributed by atoms with Crippen molar-refractivity contribution in [2.75, 3.05) is 0 Å². The summed E-state index contributed by atoms with van der Waals surface area (Å²) < 4.78 is 0. The van der Waals surface area contributed by atoms with Crippen LogP contribution in [0.2, 0.25) is 0 Å². The van der Waals surface area contributed by atoms with E-state index in [2.05, 4.69) is 31.8 Å². The maximum Gasteiger partial charge on any atom is 0.173 e. The van der Waals surface area contributed by atoms with Crippen molar-refractivity contribution in [3.05, 3.63) is 29.8 Å². The van der Waals surface area contributed by atoms with Gasteiger partial charge in [0, 0.05) is 6.92 Å². The fourth-order valence-corrected chi connectivity index (χ4v) is 1.46. The summed E-state index contributed by atoms with van der Waals surface area (Å²) in [4.78, 5) is 15.6. The van der Waals surface area contributed by atoms with Gasteiger partial charge in [0.15, 0.2) is 5.78 Å². The van der Waals surface area contributed by atoms with Crippen LogP contribution in [0.25, 0.3) is 0 Å². The molecule has 0 aliphatic heterocycles. The minimum absolute atomic E-state index is 0.0173. The van der Waals surface area contributed by atoms with Gasteiger partial charge >= 0.3 is 0 Å². The van der Waals surface area contributed by atoms with Gasteiger partial charge < -0.3 is 0 Å². The van der Waals surface area contributed by atoms with Crippen molar-refractivity contribution in [3.63, 3.8) is 0 Å². The number of ketones is 1. The number of carbonyl (C=O) groups is 1. The number of rotatable bonds is 2. The van der Waals surface area contributed by atoms with Gasteiger partial charge in [-0.2, -0.15) is 0 Å². The molecule has 2 nitrogen and oxygen atoms in total. The van der Waals surface area contributed by atoms with Crippen LogP contribution >= 0.6 is 0 Å². The normalized spacial score (nSPS) is 12.7. The van der Waals surface area contributed by atoms with Crippen LogP contribution in [-0.2, 0) is 10.2 Å². The molecule has 1 aromatic carbocycles. The Balaban J connectivity index is 3.25. The predicted molar refractivity (Wildman–Crippen MR) is 68.6 cm³/mol. The average molecular weight is 217 g/mol. The number of aliphatic imine (C=N–C) groups is 1. The number of carbonyl (C=O) groups excluding carboxylic acids is 1. The van der Waals surface area contributed by atoms with Crippen molar-refractivity contribution in [3.8, 4) is 0 Å². The molecule has 0 atom stereocenters. The zero-order valence-corrected chi connectivity index (χ0v) is 10.7. The summed E-state index contributed by atoms with van der Waals surface area (Å²) >= 11 is 0. The molecule has 16 heavy (non-hydrogen) atoms. The maximum atomic E-state index is 11.2. The molecule has 0 heterocycles. The van der Waals surface area contributed by atoms with E-state index < -0.39 is 0 Å². The van der Waals surface area contributed by atoms with E-state index >= 15 is 0 Å². The summed E-state index contributed by atoms with van der Waals surface area (Å²) in [5, 5.41) is 0.